The Labute approximate surface area is 161 Å². The fourth-order valence-electron chi connectivity index (χ4n) is 3.83. The van der Waals surface area contributed by atoms with Crippen LogP contribution in [0.5, 0.6) is 0 Å². The lowest BCUT2D eigenvalue weighted by Crippen LogP contribution is -2.29. The third kappa shape index (κ3) is 6.07. The first-order chi connectivity index (χ1) is 13.1. The van der Waals surface area contributed by atoms with Crippen LogP contribution in [0.25, 0.3) is 0 Å². The molecular formula is C20H35N3O4. The van der Waals surface area contributed by atoms with Crippen molar-refractivity contribution in [3.63, 3.8) is 0 Å². The average molecular weight is 382 g/mol. The number of nitrogens with zero attached hydrogens (tertiary/aromatic N) is 3. The molecule has 3 heterocycles. The Morgan fingerprint density at radius 2 is 1.41 bits per heavy atom. The highest BCUT2D eigenvalue weighted by molar-refractivity contribution is 4.77. The highest BCUT2D eigenvalue weighted by atomic mass is 16.6. The Bertz CT molecular complexity index is 697. The largest absolute Gasteiger partial charge is 0.373 e. The molecule has 2 aliphatic rings. The zero-order chi connectivity index (χ0) is 19.2. The predicted octanol–water partition coefficient (Wildman–Crippen LogP) is 2.39. The lowest BCUT2D eigenvalue weighted by Gasteiger charge is -2.12. The third-order valence-corrected chi connectivity index (χ3v) is 5.65. The van der Waals surface area contributed by atoms with Gasteiger partial charge in [-0.05, 0) is 44.4 Å². The first-order valence-electron chi connectivity index (χ1n) is 10.7. The van der Waals surface area contributed by atoms with Gasteiger partial charge in [0, 0.05) is 19.6 Å². The zero-order valence-electron chi connectivity index (χ0n) is 16.9. The summed E-state index contributed by atoms with van der Waals surface area (Å²) < 4.78 is 15.3. The SMILES string of the molecule is CCCC(C)CCCn1c(=O)n(CCCC2CO2)c(=O)n1CCCC1CO1. The van der Waals surface area contributed by atoms with Gasteiger partial charge in [-0.1, -0.05) is 26.7 Å². The molecule has 3 atom stereocenters. The number of hydrogen-bond acceptors (Lipinski definition) is 4. The molecule has 2 aliphatic heterocycles. The molecule has 0 aromatic carbocycles. The fraction of sp³-hybridized carbons (Fsp3) is 0.900. The second kappa shape index (κ2) is 9.73. The molecule has 27 heavy (non-hydrogen) atoms. The molecule has 2 saturated heterocycles. The van der Waals surface area contributed by atoms with Crippen molar-refractivity contribution in [3.05, 3.63) is 21.0 Å². The fourth-order valence-corrected chi connectivity index (χ4v) is 3.83. The van der Waals surface area contributed by atoms with Crippen molar-refractivity contribution in [1.29, 1.82) is 0 Å². The lowest BCUT2D eigenvalue weighted by molar-refractivity contribution is 0.357. The van der Waals surface area contributed by atoms with E-state index in [0.717, 1.165) is 51.7 Å². The molecule has 3 rings (SSSR count). The number of hydrogen-bond donors (Lipinski definition) is 0. The molecule has 7 nitrogen and oxygen atoms in total. The van der Waals surface area contributed by atoms with Crippen molar-refractivity contribution in [1.82, 2.24) is 13.9 Å². The van der Waals surface area contributed by atoms with Crippen molar-refractivity contribution in [3.8, 4) is 0 Å². The molecule has 0 saturated carbocycles. The van der Waals surface area contributed by atoms with Gasteiger partial charge in [0.2, 0.25) is 0 Å². The molecule has 1 aromatic rings. The minimum Gasteiger partial charge on any atom is -0.373 e. The van der Waals surface area contributed by atoms with Crippen LogP contribution in [0.4, 0.5) is 0 Å². The topological polar surface area (TPSA) is 74.0 Å². The summed E-state index contributed by atoms with van der Waals surface area (Å²) >= 11 is 0. The molecule has 0 bridgehead atoms. The minimum absolute atomic E-state index is 0.150. The van der Waals surface area contributed by atoms with E-state index in [0.29, 0.717) is 37.8 Å². The highest BCUT2D eigenvalue weighted by Gasteiger charge is 2.24. The van der Waals surface area contributed by atoms with Gasteiger partial charge in [0.1, 0.15) is 0 Å². The van der Waals surface area contributed by atoms with Crippen LogP contribution >= 0.6 is 0 Å². The van der Waals surface area contributed by atoms with Gasteiger partial charge in [-0.3, -0.25) is 0 Å². The summed E-state index contributed by atoms with van der Waals surface area (Å²) in [6, 6.07) is 0. The van der Waals surface area contributed by atoms with E-state index in [4.69, 9.17) is 9.47 Å². The van der Waals surface area contributed by atoms with Crippen LogP contribution in [-0.2, 0) is 29.1 Å². The summed E-state index contributed by atoms with van der Waals surface area (Å²) in [4.78, 5) is 25.7. The quantitative estimate of drug-likeness (QED) is 0.464. The first kappa shape index (κ1) is 20.4. The molecule has 2 fully saturated rings. The Kier molecular flexibility index (Phi) is 7.35. The Morgan fingerprint density at radius 1 is 0.889 bits per heavy atom. The molecule has 154 valence electrons. The summed E-state index contributed by atoms with van der Waals surface area (Å²) in [5, 5.41) is 0. The molecular weight excluding hydrogens is 346 g/mol. The van der Waals surface area contributed by atoms with E-state index in [2.05, 4.69) is 13.8 Å². The van der Waals surface area contributed by atoms with Crippen LogP contribution in [-0.4, -0.2) is 39.4 Å². The molecule has 0 amide bonds. The normalized spacial score (nSPS) is 22.1. The van der Waals surface area contributed by atoms with E-state index < -0.39 is 0 Å². The number of epoxide rings is 2. The average Bonchev–Trinajstić information content (AvgIpc) is 3.54. The Morgan fingerprint density at radius 3 is 1.93 bits per heavy atom. The maximum absolute atomic E-state index is 12.9. The van der Waals surface area contributed by atoms with Crippen LogP contribution in [0.1, 0.15) is 65.2 Å². The van der Waals surface area contributed by atoms with Crippen LogP contribution in [0.15, 0.2) is 9.59 Å². The number of rotatable bonds is 14. The van der Waals surface area contributed by atoms with E-state index in [-0.39, 0.29) is 11.4 Å². The van der Waals surface area contributed by atoms with E-state index in [1.165, 1.54) is 17.4 Å². The summed E-state index contributed by atoms with van der Waals surface area (Å²) in [7, 11) is 0. The summed E-state index contributed by atoms with van der Waals surface area (Å²) in [5.41, 5.74) is -0.308. The van der Waals surface area contributed by atoms with Crippen LogP contribution in [0, 0.1) is 5.92 Å². The van der Waals surface area contributed by atoms with Gasteiger partial charge in [0.05, 0.1) is 25.4 Å². The molecule has 3 unspecified atom stereocenters. The molecule has 0 N–H and O–H groups in total. The molecule has 0 radical (unpaired) electrons. The van der Waals surface area contributed by atoms with Gasteiger partial charge in [-0.2, -0.15) is 0 Å². The maximum Gasteiger partial charge on any atom is 0.347 e. The summed E-state index contributed by atoms with van der Waals surface area (Å²) in [6.45, 7) is 7.83. The van der Waals surface area contributed by atoms with Crippen LogP contribution in [0.2, 0.25) is 0 Å². The van der Waals surface area contributed by atoms with Gasteiger partial charge in [-0.25, -0.2) is 23.5 Å². The summed E-state index contributed by atoms with van der Waals surface area (Å²) in [5.74, 6) is 0.665. The second-order valence-electron chi connectivity index (χ2n) is 8.19. The summed E-state index contributed by atoms with van der Waals surface area (Å²) in [6.07, 6.45) is 8.69. The van der Waals surface area contributed by atoms with Gasteiger partial charge in [-0.15, -0.1) is 0 Å². The van der Waals surface area contributed by atoms with Crippen molar-refractivity contribution in [2.75, 3.05) is 13.2 Å². The zero-order valence-corrected chi connectivity index (χ0v) is 16.9. The molecule has 7 heteroatoms. The molecule has 0 spiro atoms. The highest BCUT2D eigenvalue weighted by Crippen LogP contribution is 2.17. The predicted molar refractivity (Wildman–Crippen MR) is 104 cm³/mol. The van der Waals surface area contributed by atoms with E-state index in [9.17, 15) is 9.59 Å². The van der Waals surface area contributed by atoms with E-state index in [1.54, 1.807) is 9.36 Å². The molecule has 1 aromatic heterocycles. The van der Waals surface area contributed by atoms with Crippen molar-refractivity contribution in [2.24, 2.45) is 5.92 Å². The van der Waals surface area contributed by atoms with E-state index >= 15 is 0 Å². The van der Waals surface area contributed by atoms with Gasteiger partial charge in [0.25, 0.3) is 0 Å². The van der Waals surface area contributed by atoms with E-state index in [1.807, 2.05) is 0 Å². The second-order valence-corrected chi connectivity index (χ2v) is 8.19. The van der Waals surface area contributed by atoms with Gasteiger partial charge in [0.15, 0.2) is 0 Å². The standard InChI is InChI=1S/C20H35N3O4/c1-3-7-16(2)8-4-12-22-19(24)21(11-5-9-17-14-26-17)20(25)23(22)13-6-10-18-15-27-18/h16-18H,3-15H2,1-2H3. The lowest BCUT2D eigenvalue weighted by atomic mass is 10.0. The van der Waals surface area contributed by atoms with Crippen molar-refractivity contribution in [2.45, 2.75) is 97.1 Å². The van der Waals surface area contributed by atoms with Gasteiger partial charge >= 0.3 is 11.4 Å². The monoisotopic (exact) mass is 381 g/mol. The number of ether oxygens (including phenoxy) is 2. The minimum atomic E-state index is -0.157. The van der Waals surface area contributed by atoms with Crippen molar-refractivity contribution >= 4 is 0 Å². The van der Waals surface area contributed by atoms with Crippen LogP contribution < -0.4 is 11.4 Å². The van der Waals surface area contributed by atoms with Crippen LogP contribution in [0.3, 0.4) is 0 Å². The maximum atomic E-state index is 12.9. The van der Waals surface area contributed by atoms with Crippen molar-refractivity contribution < 1.29 is 9.47 Å². The molecule has 0 aliphatic carbocycles. The smallest absolute Gasteiger partial charge is 0.347 e. The van der Waals surface area contributed by atoms with Gasteiger partial charge < -0.3 is 9.47 Å². The Balaban J connectivity index is 1.64. The third-order valence-electron chi connectivity index (χ3n) is 5.65. The number of aromatic nitrogens is 3. The Hall–Kier alpha value is -1.34. The first-order valence-corrected chi connectivity index (χ1v) is 10.7.